The molecule has 0 bridgehead atoms. The Morgan fingerprint density at radius 3 is 2.89 bits per heavy atom. The summed E-state index contributed by atoms with van der Waals surface area (Å²) in [5, 5.41) is 9.96. The molecular weight excluding hydrogens is 242 g/mol. The molecule has 0 aliphatic rings. The lowest BCUT2D eigenvalue weighted by Gasteiger charge is -2.04. The highest BCUT2D eigenvalue weighted by Crippen LogP contribution is 2.16. The maximum Gasteiger partial charge on any atom is 0.273 e. The second-order valence-electron chi connectivity index (χ2n) is 4.08. The fourth-order valence-corrected chi connectivity index (χ4v) is 1.79. The SMILES string of the molecule is Nc1cc(C(=O)Nc2cnc3ccccc3c2)[nH]n1. The molecule has 0 aliphatic carbocycles. The number of carbonyl (C=O) groups is 1. The Balaban J connectivity index is 1.87. The van der Waals surface area contributed by atoms with Crippen LogP contribution in [0.15, 0.2) is 42.6 Å². The Kier molecular flexibility index (Phi) is 2.60. The number of amides is 1. The van der Waals surface area contributed by atoms with E-state index in [-0.39, 0.29) is 11.7 Å². The van der Waals surface area contributed by atoms with Gasteiger partial charge >= 0.3 is 0 Å². The van der Waals surface area contributed by atoms with Gasteiger partial charge in [0.2, 0.25) is 0 Å². The van der Waals surface area contributed by atoms with E-state index in [1.807, 2.05) is 30.3 Å². The summed E-state index contributed by atoms with van der Waals surface area (Å²) in [7, 11) is 0. The molecule has 1 amide bonds. The maximum absolute atomic E-state index is 11.9. The van der Waals surface area contributed by atoms with Gasteiger partial charge in [0.15, 0.2) is 0 Å². The number of nitrogens with zero attached hydrogens (tertiary/aromatic N) is 2. The Morgan fingerprint density at radius 1 is 1.26 bits per heavy atom. The van der Waals surface area contributed by atoms with Crippen LogP contribution in [0.1, 0.15) is 10.5 Å². The number of H-pyrrole nitrogens is 1. The lowest BCUT2D eigenvalue weighted by molar-refractivity contribution is 0.102. The first-order valence-electron chi connectivity index (χ1n) is 5.69. The second-order valence-corrected chi connectivity index (χ2v) is 4.08. The lowest BCUT2D eigenvalue weighted by atomic mass is 10.2. The van der Waals surface area contributed by atoms with E-state index in [0.29, 0.717) is 11.4 Å². The molecule has 0 atom stereocenters. The molecule has 1 aromatic carbocycles. The number of carbonyl (C=O) groups excluding carboxylic acids is 1. The van der Waals surface area contributed by atoms with Crippen LogP contribution >= 0.6 is 0 Å². The Morgan fingerprint density at radius 2 is 2.11 bits per heavy atom. The smallest absolute Gasteiger partial charge is 0.273 e. The van der Waals surface area contributed by atoms with Crippen molar-refractivity contribution in [2.45, 2.75) is 0 Å². The van der Waals surface area contributed by atoms with Gasteiger partial charge in [-0.3, -0.25) is 14.9 Å². The topological polar surface area (TPSA) is 96.7 Å². The predicted molar refractivity (Wildman–Crippen MR) is 72.7 cm³/mol. The summed E-state index contributed by atoms with van der Waals surface area (Å²) in [6.07, 6.45) is 1.61. The van der Waals surface area contributed by atoms with E-state index in [1.165, 1.54) is 6.07 Å². The number of benzene rings is 1. The third-order valence-corrected chi connectivity index (χ3v) is 2.69. The number of nitrogens with two attached hydrogens (primary N) is 1. The van der Waals surface area contributed by atoms with Crippen molar-refractivity contribution < 1.29 is 4.79 Å². The van der Waals surface area contributed by atoms with Crippen LogP contribution in [-0.4, -0.2) is 21.1 Å². The highest BCUT2D eigenvalue weighted by Gasteiger charge is 2.09. The monoisotopic (exact) mass is 253 g/mol. The number of aromatic nitrogens is 3. The van der Waals surface area contributed by atoms with Gasteiger partial charge in [-0.05, 0) is 12.1 Å². The van der Waals surface area contributed by atoms with Crippen LogP contribution in [-0.2, 0) is 0 Å². The molecule has 0 radical (unpaired) electrons. The van der Waals surface area contributed by atoms with Crippen LogP contribution < -0.4 is 11.1 Å². The van der Waals surface area contributed by atoms with E-state index in [2.05, 4.69) is 20.5 Å². The number of nitrogens with one attached hydrogen (secondary N) is 2. The molecule has 4 N–H and O–H groups in total. The van der Waals surface area contributed by atoms with E-state index in [4.69, 9.17) is 5.73 Å². The molecule has 94 valence electrons. The summed E-state index contributed by atoms with van der Waals surface area (Å²) in [6.45, 7) is 0. The van der Waals surface area contributed by atoms with Gasteiger partial charge in [0.05, 0.1) is 17.4 Å². The summed E-state index contributed by atoms with van der Waals surface area (Å²) in [4.78, 5) is 16.2. The number of pyridine rings is 1. The third-order valence-electron chi connectivity index (χ3n) is 2.69. The standard InChI is InChI=1S/C13H11N5O/c14-12-6-11(17-18-12)13(19)16-9-5-8-3-1-2-4-10(8)15-7-9/h1-7H,(H,16,19)(H3,14,17,18). The molecule has 2 heterocycles. The second kappa shape index (κ2) is 4.41. The highest BCUT2D eigenvalue weighted by atomic mass is 16.1. The zero-order valence-corrected chi connectivity index (χ0v) is 9.92. The van der Waals surface area contributed by atoms with Gasteiger partial charge < -0.3 is 11.1 Å². The van der Waals surface area contributed by atoms with Crippen molar-refractivity contribution in [3.8, 4) is 0 Å². The molecule has 0 saturated heterocycles. The third kappa shape index (κ3) is 2.23. The number of anilines is 2. The van der Waals surface area contributed by atoms with Gasteiger partial charge in [0.25, 0.3) is 5.91 Å². The van der Waals surface area contributed by atoms with E-state index < -0.39 is 0 Å². The fraction of sp³-hybridized carbons (Fsp3) is 0. The van der Waals surface area contributed by atoms with E-state index >= 15 is 0 Å². The van der Waals surface area contributed by atoms with Crippen LogP contribution in [0.2, 0.25) is 0 Å². The quantitative estimate of drug-likeness (QED) is 0.648. The van der Waals surface area contributed by atoms with Crippen LogP contribution in [0, 0.1) is 0 Å². The molecule has 3 aromatic rings. The van der Waals surface area contributed by atoms with Crippen molar-refractivity contribution in [3.05, 3.63) is 48.3 Å². The van der Waals surface area contributed by atoms with Gasteiger partial charge in [-0.25, -0.2) is 0 Å². The van der Waals surface area contributed by atoms with Crippen molar-refractivity contribution in [3.63, 3.8) is 0 Å². The van der Waals surface area contributed by atoms with Crippen molar-refractivity contribution in [1.82, 2.24) is 15.2 Å². The van der Waals surface area contributed by atoms with Crippen LogP contribution in [0.5, 0.6) is 0 Å². The minimum Gasteiger partial charge on any atom is -0.382 e. The number of hydrogen-bond donors (Lipinski definition) is 3. The Labute approximate surface area is 108 Å². The van der Waals surface area contributed by atoms with Crippen molar-refractivity contribution in [2.24, 2.45) is 0 Å². The molecule has 6 heteroatoms. The van der Waals surface area contributed by atoms with E-state index in [0.717, 1.165) is 10.9 Å². The molecule has 0 spiro atoms. The largest absolute Gasteiger partial charge is 0.382 e. The zero-order valence-electron chi connectivity index (χ0n) is 9.92. The Bertz CT molecular complexity index is 749. The lowest BCUT2D eigenvalue weighted by Crippen LogP contribution is -2.12. The van der Waals surface area contributed by atoms with Crippen molar-refractivity contribution in [1.29, 1.82) is 0 Å². The molecule has 0 saturated carbocycles. The predicted octanol–water partition coefficient (Wildman–Crippen LogP) is 1.79. The highest BCUT2D eigenvalue weighted by molar-refractivity contribution is 6.03. The number of hydrogen-bond acceptors (Lipinski definition) is 4. The first kappa shape index (κ1) is 11.2. The van der Waals surface area contributed by atoms with Gasteiger partial charge in [0.1, 0.15) is 11.5 Å². The molecule has 0 aliphatic heterocycles. The van der Waals surface area contributed by atoms with Crippen LogP contribution in [0.4, 0.5) is 11.5 Å². The van der Waals surface area contributed by atoms with Gasteiger partial charge in [0, 0.05) is 11.5 Å². The number of aromatic amines is 1. The molecule has 0 fully saturated rings. The average molecular weight is 253 g/mol. The number of fused-ring (bicyclic) bond motifs is 1. The molecule has 6 nitrogen and oxygen atoms in total. The minimum absolute atomic E-state index is 0.279. The van der Waals surface area contributed by atoms with Crippen molar-refractivity contribution in [2.75, 3.05) is 11.1 Å². The molecule has 3 rings (SSSR count). The van der Waals surface area contributed by atoms with Gasteiger partial charge in [-0.2, -0.15) is 5.10 Å². The Hall–Kier alpha value is -2.89. The number of rotatable bonds is 2. The summed E-state index contributed by atoms with van der Waals surface area (Å²) in [5.41, 5.74) is 7.26. The van der Waals surface area contributed by atoms with E-state index in [1.54, 1.807) is 6.20 Å². The first-order chi connectivity index (χ1) is 9.22. The summed E-state index contributed by atoms with van der Waals surface area (Å²) >= 11 is 0. The number of para-hydroxylation sites is 1. The fourth-order valence-electron chi connectivity index (χ4n) is 1.79. The summed E-state index contributed by atoms with van der Waals surface area (Å²) in [5.74, 6) is -0.0249. The summed E-state index contributed by atoms with van der Waals surface area (Å²) < 4.78 is 0. The van der Waals surface area contributed by atoms with Crippen molar-refractivity contribution >= 4 is 28.3 Å². The normalized spacial score (nSPS) is 10.5. The maximum atomic E-state index is 11.9. The van der Waals surface area contributed by atoms with Crippen LogP contribution in [0.25, 0.3) is 10.9 Å². The van der Waals surface area contributed by atoms with Gasteiger partial charge in [-0.1, -0.05) is 18.2 Å². The minimum atomic E-state index is -0.304. The molecular formula is C13H11N5O. The summed E-state index contributed by atoms with van der Waals surface area (Å²) in [6, 6.07) is 11.0. The van der Waals surface area contributed by atoms with Crippen LogP contribution in [0.3, 0.4) is 0 Å². The first-order valence-corrected chi connectivity index (χ1v) is 5.69. The molecule has 19 heavy (non-hydrogen) atoms. The average Bonchev–Trinajstić information content (AvgIpc) is 2.85. The van der Waals surface area contributed by atoms with E-state index in [9.17, 15) is 4.79 Å². The molecule has 2 aromatic heterocycles. The zero-order chi connectivity index (χ0) is 13.2. The molecule has 0 unspecified atom stereocenters. The number of nitrogen functional groups attached to an aromatic ring is 1. The van der Waals surface area contributed by atoms with Gasteiger partial charge in [-0.15, -0.1) is 0 Å².